The van der Waals surface area contributed by atoms with Crippen LogP contribution in [0.15, 0.2) is 24.3 Å². The number of benzene rings is 1. The summed E-state index contributed by atoms with van der Waals surface area (Å²) in [7, 11) is 0. The number of hydrogen-bond donors (Lipinski definition) is 0. The molecule has 0 amide bonds. The second-order valence-corrected chi connectivity index (χ2v) is 5.15. The Morgan fingerprint density at radius 2 is 1.92 bits per heavy atom. The summed E-state index contributed by atoms with van der Waals surface area (Å²) in [5, 5.41) is 0. The van der Waals surface area contributed by atoms with E-state index in [4.69, 9.17) is 4.74 Å². The van der Waals surface area contributed by atoms with Gasteiger partial charge in [-0.25, -0.2) is 4.79 Å². The van der Waals surface area contributed by atoms with Crippen LogP contribution in [0.3, 0.4) is 0 Å². The summed E-state index contributed by atoms with van der Waals surface area (Å²) in [6.45, 7) is 7.96. The average Bonchev–Trinajstić information content (AvgIpc) is 2.56. The maximum atomic E-state index is 12.9. The number of carbonyl (C=O) groups excluding carboxylic acids is 1. The van der Waals surface area contributed by atoms with Crippen LogP contribution in [0.1, 0.15) is 37.5 Å². The molecule has 0 aromatic heterocycles. The van der Waals surface area contributed by atoms with Crippen LogP contribution in [0.2, 0.25) is 0 Å². The van der Waals surface area contributed by atoms with Crippen molar-refractivity contribution in [2.24, 2.45) is 0 Å². The highest BCUT2D eigenvalue weighted by atomic mass is 19.4. The van der Waals surface area contributed by atoms with Gasteiger partial charge in [-0.1, -0.05) is 31.8 Å². The maximum absolute atomic E-state index is 12.9. The Bertz CT molecular complexity index is 665. The fraction of sp³-hybridized carbons (Fsp3) is 0.421. The van der Waals surface area contributed by atoms with Gasteiger partial charge in [0.15, 0.2) is 0 Å². The van der Waals surface area contributed by atoms with Gasteiger partial charge in [-0.3, -0.25) is 4.90 Å². The molecule has 0 aliphatic heterocycles. The van der Waals surface area contributed by atoms with E-state index in [-0.39, 0.29) is 12.2 Å². The molecule has 0 spiro atoms. The van der Waals surface area contributed by atoms with Crippen molar-refractivity contribution in [1.29, 1.82) is 0 Å². The van der Waals surface area contributed by atoms with Crippen molar-refractivity contribution in [2.45, 2.75) is 26.9 Å². The minimum atomic E-state index is -4.45. The molecule has 0 saturated heterocycles. The third kappa shape index (κ3) is 7.02. The summed E-state index contributed by atoms with van der Waals surface area (Å²) in [4.78, 5) is 13.5. The number of ether oxygens (including phenoxy) is 1. The predicted octanol–water partition coefficient (Wildman–Crippen LogP) is 3.98. The number of alkyl halides is 3. The summed E-state index contributed by atoms with van der Waals surface area (Å²) >= 11 is 0. The van der Waals surface area contributed by atoms with Crippen molar-refractivity contribution < 1.29 is 22.7 Å². The number of rotatable bonds is 6. The van der Waals surface area contributed by atoms with Gasteiger partial charge in [0.2, 0.25) is 0 Å². The quantitative estimate of drug-likeness (QED) is 0.440. The molecular weight excluding hydrogens is 331 g/mol. The van der Waals surface area contributed by atoms with Crippen molar-refractivity contribution in [1.82, 2.24) is 4.90 Å². The zero-order valence-corrected chi connectivity index (χ0v) is 14.6. The normalized spacial score (nSPS) is 11.5. The Labute approximate surface area is 146 Å². The number of carbonyl (C=O) groups is 1. The van der Waals surface area contributed by atoms with E-state index < -0.39 is 17.7 Å². The van der Waals surface area contributed by atoms with Crippen LogP contribution >= 0.6 is 0 Å². The highest BCUT2D eigenvalue weighted by Gasteiger charge is 2.30. The first-order chi connectivity index (χ1) is 11.8. The van der Waals surface area contributed by atoms with Crippen molar-refractivity contribution in [2.75, 3.05) is 26.2 Å². The second kappa shape index (κ2) is 9.90. The molecule has 0 N–H and O–H groups in total. The van der Waals surface area contributed by atoms with Gasteiger partial charge in [-0.15, -0.1) is 0 Å². The molecule has 0 atom stereocenters. The summed E-state index contributed by atoms with van der Waals surface area (Å²) in [5.41, 5.74) is -0.108. The molecule has 6 heteroatoms. The topological polar surface area (TPSA) is 29.5 Å². The molecule has 1 aromatic rings. The van der Waals surface area contributed by atoms with Crippen LogP contribution in [0.25, 0.3) is 6.08 Å². The summed E-state index contributed by atoms with van der Waals surface area (Å²) in [6.07, 6.45) is -1.85. The number of hydrogen-bond acceptors (Lipinski definition) is 3. The molecular formula is C19H22F3NO2. The first-order valence-electron chi connectivity index (χ1n) is 8.09. The van der Waals surface area contributed by atoms with Gasteiger partial charge in [0.1, 0.15) is 0 Å². The lowest BCUT2D eigenvalue weighted by Gasteiger charge is -2.13. The summed E-state index contributed by atoms with van der Waals surface area (Å²) in [5.74, 6) is 5.13. The number of nitrogens with zero attached hydrogens (tertiary/aromatic N) is 1. The van der Waals surface area contributed by atoms with Crippen LogP contribution in [0.5, 0.6) is 0 Å². The predicted molar refractivity (Wildman–Crippen MR) is 91.8 cm³/mol. The minimum Gasteiger partial charge on any atom is -0.463 e. The van der Waals surface area contributed by atoms with Gasteiger partial charge in [0.05, 0.1) is 18.7 Å². The molecule has 0 radical (unpaired) electrons. The Hall–Kier alpha value is -2.26. The molecule has 0 aliphatic carbocycles. The maximum Gasteiger partial charge on any atom is 0.416 e. The van der Waals surface area contributed by atoms with Crippen LogP contribution in [-0.4, -0.2) is 37.1 Å². The third-order valence-corrected chi connectivity index (χ3v) is 3.49. The second-order valence-electron chi connectivity index (χ2n) is 5.15. The molecule has 0 fully saturated rings. The van der Waals surface area contributed by atoms with Crippen LogP contribution in [-0.2, 0) is 15.7 Å². The average molecular weight is 353 g/mol. The fourth-order valence-electron chi connectivity index (χ4n) is 2.03. The van der Waals surface area contributed by atoms with Crippen molar-refractivity contribution >= 4 is 12.0 Å². The van der Waals surface area contributed by atoms with Crippen molar-refractivity contribution in [3.63, 3.8) is 0 Å². The van der Waals surface area contributed by atoms with E-state index in [1.54, 1.807) is 6.92 Å². The Morgan fingerprint density at radius 1 is 1.24 bits per heavy atom. The molecule has 1 rings (SSSR count). The molecule has 136 valence electrons. The van der Waals surface area contributed by atoms with Crippen LogP contribution < -0.4 is 0 Å². The highest BCUT2D eigenvalue weighted by Crippen LogP contribution is 2.30. The molecule has 0 heterocycles. The van der Waals surface area contributed by atoms with Gasteiger partial charge in [0.25, 0.3) is 0 Å². The lowest BCUT2D eigenvalue weighted by atomic mass is 10.0. The monoisotopic (exact) mass is 353 g/mol. The molecule has 0 saturated carbocycles. The minimum absolute atomic E-state index is 0.225. The zero-order valence-electron chi connectivity index (χ0n) is 14.6. The lowest BCUT2D eigenvalue weighted by molar-refractivity contribution is -0.138. The Kier molecular flexibility index (Phi) is 8.23. The summed E-state index contributed by atoms with van der Waals surface area (Å²) in [6, 6.07) is 3.28. The van der Waals surface area contributed by atoms with E-state index in [2.05, 4.69) is 16.7 Å². The van der Waals surface area contributed by atoms with Crippen LogP contribution in [0, 0.1) is 11.8 Å². The smallest absolute Gasteiger partial charge is 0.416 e. The molecule has 3 nitrogen and oxygen atoms in total. The SMILES string of the molecule is CCOC(=O)/C=C/c1ccc(C(F)(F)F)cc1C#CCN(CC)CC. The molecule has 1 aromatic carbocycles. The lowest BCUT2D eigenvalue weighted by Crippen LogP contribution is -2.22. The number of esters is 1. The zero-order chi connectivity index (χ0) is 18.9. The molecule has 0 bridgehead atoms. The van der Waals surface area contributed by atoms with E-state index in [0.29, 0.717) is 12.1 Å². The van der Waals surface area contributed by atoms with Gasteiger partial charge >= 0.3 is 12.1 Å². The van der Waals surface area contributed by atoms with E-state index in [1.165, 1.54) is 18.2 Å². The highest BCUT2D eigenvalue weighted by molar-refractivity contribution is 5.87. The third-order valence-electron chi connectivity index (χ3n) is 3.49. The molecule has 0 unspecified atom stereocenters. The molecule has 25 heavy (non-hydrogen) atoms. The Morgan fingerprint density at radius 3 is 2.48 bits per heavy atom. The van der Waals surface area contributed by atoms with Crippen LogP contribution in [0.4, 0.5) is 13.2 Å². The van der Waals surface area contributed by atoms with E-state index in [0.717, 1.165) is 25.2 Å². The largest absolute Gasteiger partial charge is 0.463 e. The van der Waals surface area contributed by atoms with E-state index in [1.807, 2.05) is 13.8 Å². The van der Waals surface area contributed by atoms with E-state index >= 15 is 0 Å². The number of halogens is 3. The van der Waals surface area contributed by atoms with Gasteiger partial charge in [0, 0.05) is 11.6 Å². The van der Waals surface area contributed by atoms with E-state index in [9.17, 15) is 18.0 Å². The van der Waals surface area contributed by atoms with Crippen molar-refractivity contribution in [3.8, 4) is 11.8 Å². The fourth-order valence-corrected chi connectivity index (χ4v) is 2.03. The van der Waals surface area contributed by atoms with Gasteiger partial charge in [-0.2, -0.15) is 13.2 Å². The van der Waals surface area contributed by atoms with Crippen molar-refractivity contribution in [3.05, 3.63) is 41.0 Å². The van der Waals surface area contributed by atoms with Gasteiger partial charge < -0.3 is 4.74 Å². The first-order valence-corrected chi connectivity index (χ1v) is 8.09. The first kappa shape index (κ1) is 20.8. The Balaban J connectivity index is 3.15. The van der Waals surface area contributed by atoms with Gasteiger partial charge in [-0.05, 0) is 43.8 Å². The standard InChI is InChI=1S/C19H22F3NO2/c1-4-23(5-2)13-7-8-16-14-17(19(20,21)22)11-9-15(16)10-12-18(24)25-6-3/h9-12,14H,4-6,13H2,1-3H3/b12-10+. The molecule has 0 aliphatic rings. The summed E-state index contributed by atoms with van der Waals surface area (Å²) < 4.78 is 43.5.